The van der Waals surface area contributed by atoms with Crippen LogP contribution in [0.2, 0.25) is 5.02 Å². The molecule has 7 heteroatoms. The molecule has 1 saturated heterocycles. The van der Waals surface area contributed by atoms with Gasteiger partial charge in [0.25, 0.3) is 0 Å². The lowest BCUT2D eigenvalue weighted by Crippen LogP contribution is -2.62. The summed E-state index contributed by atoms with van der Waals surface area (Å²) in [5.41, 5.74) is -0.932. The average molecular weight is 292 g/mol. The van der Waals surface area contributed by atoms with Gasteiger partial charge in [0.05, 0.1) is 22.3 Å². The number of hydrogen-bond donors (Lipinski definition) is 1. The van der Waals surface area contributed by atoms with Gasteiger partial charge in [-0.3, -0.25) is 14.9 Å². The number of halogens is 1. The molecule has 0 unspecified atom stereocenters. The molecule has 0 spiro atoms. The molecule has 0 atom stereocenters. The summed E-state index contributed by atoms with van der Waals surface area (Å²) in [4.78, 5) is 36.6. The summed E-state index contributed by atoms with van der Waals surface area (Å²) in [5.74, 6) is -1.33. The third-order valence-electron chi connectivity index (χ3n) is 3.05. The number of rotatable bonds is 1. The molecule has 20 heavy (non-hydrogen) atoms. The predicted octanol–water partition coefficient (Wildman–Crippen LogP) is 1.82. The van der Waals surface area contributed by atoms with Gasteiger partial charge in [0.2, 0.25) is 11.8 Å². The molecular weight excluding hydrogens is 282 g/mol. The van der Waals surface area contributed by atoms with E-state index in [1.54, 1.807) is 0 Å². The quantitative estimate of drug-likeness (QED) is 0.799. The van der Waals surface area contributed by atoms with E-state index in [2.05, 4.69) is 5.32 Å². The van der Waals surface area contributed by atoms with Crippen molar-refractivity contribution in [2.75, 3.05) is 4.90 Å². The first kappa shape index (κ1) is 14.0. The molecule has 0 aliphatic carbocycles. The fraction of sp³-hybridized carbons (Fsp3) is 0.231. The van der Waals surface area contributed by atoms with E-state index in [1.165, 1.54) is 32.0 Å². The van der Waals surface area contributed by atoms with Crippen molar-refractivity contribution in [2.45, 2.75) is 13.8 Å². The number of anilines is 1. The zero-order valence-electron chi connectivity index (χ0n) is 10.7. The summed E-state index contributed by atoms with van der Waals surface area (Å²) >= 11 is 5.99. The Morgan fingerprint density at radius 3 is 2.50 bits per heavy atom. The number of benzene rings is 1. The number of barbiturate groups is 1. The van der Waals surface area contributed by atoms with Gasteiger partial charge in [0, 0.05) is 0 Å². The summed E-state index contributed by atoms with van der Waals surface area (Å²) in [6.45, 7) is 2.84. The molecule has 4 amide bonds. The van der Waals surface area contributed by atoms with Gasteiger partial charge in [-0.25, -0.2) is 9.69 Å². The Labute approximate surface area is 119 Å². The maximum absolute atomic E-state index is 12.3. The number of hydrogen-bond acceptors (Lipinski definition) is 4. The molecule has 0 bridgehead atoms. The molecule has 1 N–H and O–H groups in total. The molecule has 1 aromatic rings. The van der Waals surface area contributed by atoms with Gasteiger partial charge in [0.15, 0.2) is 0 Å². The van der Waals surface area contributed by atoms with Crippen molar-refractivity contribution >= 4 is 35.1 Å². The van der Waals surface area contributed by atoms with Crippen molar-refractivity contribution in [3.05, 3.63) is 28.8 Å². The van der Waals surface area contributed by atoms with E-state index in [1.807, 2.05) is 6.07 Å². The normalized spacial score (nSPS) is 17.7. The lowest BCUT2D eigenvalue weighted by molar-refractivity contribution is -0.140. The van der Waals surface area contributed by atoms with Gasteiger partial charge in [-0.05, 0) is 32.0 Å². The first-order valence-corrected chi connectivity index (χ1v) is 6.06. The van der Waals surface area contributed by atoms with Crippen LogP contribution in [0.25, 0.3) is 0 Å². The van der Waals surface area contributed by atoms with E-state index in [-0.39, 0.29) is 10.7 Å². The van der Waals surface area contributed by atoms with Crippen molar-refractivity contribution in [3.8, 4) is 6.07 Å². The molecule has 1 aliphatic rings. The molecule has 0 saturated carbocycles. The summed E-state index contributed by atoms with van der Waals surface area (Å²) in [5, 5.41) is 11.0. The Balaban J connectivity index is 2.52. The summed E-state index contributed by atoms with van der Waals surface area (Å²) in [6, 6.07) is 5.22. The third kappa shape index (κ3) is 2.02. The van der Waals surface area contributed by atoms with Crippen LogP contribution in [0.1, 0.15) is 19.4 Å². The van der Waals surface area contributed by atoms with Crippen LogP contribution in [0.5, 0.6) is 0 Å². The van der Waals surface area contributed by atoms with Crippen molar-refractivity contribution in [1.82, 2.24) is 5.32 Å². The molecule has 1 heterocycles. The first-order valence-electron chi connectivity index (χ1n) is 5.68. The predicted molar refractivity (Wildman–Crippen MR) is 71.0 cm³/mol. The summed E-state index contributed by atoms with van der Waals surface area (Å²) in [7, 11) is 0. The van der Waals surface area contributed by atoms with E-state index in [9.17, 15) is 14.4 Å². The minimum atomic E-state index is -1.37. The number of imide groups is 2. The second kappa shape index (κ2) is 4.62. The Morgan fingerprint density at radius 2 is 1.95 bits per heavy atom. The Hall–Kier alpha value is -2.39. The second-order valence-corrected chi connectivity index (χ2v) is 5.21. The molecule has 0 radical (unpaired) electrons. The van der Waals surface area contributed by atoms with Gasteiger partial charge >= 0.3 is 6.03 Å². The maximum Gasteiger partial charge on any atom is 0.335 e. The number of amides is 4. The standard InChI is InChI=1S/C13H10ClN3O3/c1-13(2)10(18)16-12(20)17(11(13)19)9-4-3-7(6-15)5-8(9)14/h3-5H,1-2H3,(H,16,18,20). The van der Waals surface area contributed by atoms with E-state index in [0.717, 1.165) is 4.90 Å². The second-order valence-electron chi connectivity index (χ2n) is 4.80. The highest BCUT2D eigenvalue weighted by Gasteiger charge is 2.48. The zero-order chi connectivity index (χ0) is 15.1. The van der Waals surface area contributed by atoms with Gasteiger partial charge in [0.1, 0.15) is 5.41 Å². The lowest BCUT2D eigenvalue weighted by atomic mass is 9.88. The van der Waals surface area contributed by atoms with Crippen LogP contribution in [0.3, 0.4) is 0 Å². The van der Waals surface area contributed by atoms with Crippen molar-refractivity contribution in [1.29, 1.82) is 5.26 Å². The van der Waals surface area contributed by atoms with Crippen LogP contribution >= 0.6 is 11.6 Å². The van der Waals surface area contributed by atoms with Crippen LogP contribution < -0.4 is 10.2 Å². The fourth-order valence-electron chi connectivity index (χ4n) is 1.75. The highest BCUT2D eigenvalue weighted by atomic mass is 35.5. The lowest BCUT2D eigenvalue weighted by Gasteiger charge is -2.34. The van der Waals surface area contributed by atoms with E-state index in [4.69, 9.17) is 16.9 Å². The molecule has 1 fully saturated rings. The smallest absolute Gasteiger partial charge is 0.276 e. The van der Waals surface area contributed by atoms with E-state index < -0.39 is 23.3 Å². The molecule has 102 valence electrons. The zero-order valence-corrected chi connectivity index (χ0v) is 11.5. The van der Waals surface area contributed by atoms with Gasteiger partial charge in [-0.1, -0.05) is 11.6 Å². The molecule has 1 aliphatic heterocycles. The topological polar surface area (TPSA) is 90.3 Å². The van der Waals surface area contributed by atoms with Gasteiger partial charge in [-0.15, -0.1) is 0 Å². The molecule has 0 aromatic heterocycles. The minimum absolute atomic E-state index is 0.0812. The van der Waals surface area contributed by atoms with Crippen LogP contribution in [-0.4, -0.2) is 17.8 Å². The van der Waals surface area contributed by atoms with Gasteiger partial charge in [-0.2, -0.15) is 5.26 Å². The first-order chi connectivity index (χ1) is 9.28. The van der Waals surface area contributed by atoms with E-state index in [0.29, 0.717) is 5.56 Å². The molecule has 6 nitrogen and oxygen atoms in total. The van der Waals surface area contributed by atoms with Crippen LogP contribution in [0.4, 0.5) is 10.5 Å². The highest BCUT2D eigenvalue weighted by Crippen LogP contribution is 2.33. The highest BCUT2D eigenvalue weighted by molar-refractivity contribution is 6.37. The number of nitrogens with zero attached hydrogens (tertiary/aromatic N) is 2. The number of carbonyl (C=O) groups is 3. The van der Waals surface area contributed by atoms with Crippen LogP contribution in [0, 0.1) is 16.7 Å². The molecule has 1 aromatic carbocycles. The number of nitriles is 1. The Morgan fingerprint density at radius 1 is 1.30 bits per heavy atom. The monoisotopic (exact) mass is 291 g/mol. The minimum Gasteiger partial charge on any atom is -0.276 e. The van der Waals surface area contributed by atoms with Crippen molar-refractivity contribution < 1.29 is 14.4 Å². The van der Waals surface area contributed by atoms with E-state index >= 15 is 0 Å². The third-order valence-corrected chi connectivity index (χ3v) is 3.35. The fourth-order valence-corrected chi connectivity index (χ4v) is 2.02. The Kier molecular flexibility index (Phi) is 3.24. The van der Waals surface area contributed by atoms with Crippen molar-refractivity contribution in [3.63, 3.8) is 0 Å². The molecular formula is C13H10ClN3O3. The van der Waals surface area contributed by atoms with Gasteiger partial charge < -0.3 is 0 Å². The number of urea groups is 1. The maximum atomic E-state index is 12.3. The van der Waals surface area contributed by atoms with Crippen molar-refractivity contribution in [2.24, 2.45) is 5.41 Å². The largest absolute Gasteiger partial charge is 0.335 e. The average Bonchev–Trinajstić information content (AvgIpc) is 2.38. The number of carbonyl (C=O) groups excluding carboxylic acids is 3. The molecule has 2 rings (SSSR count). The van der Waals surface area contributed by atoms with Crippen LogP contribution in [0.15, 0.2) is 18.2 Å². The van der Waals surface area contributed by atoms with Crippen LogP contribution in [-0.2, 0) is 9.59 Å². The number of nitrogens with one attached hydrogen (secondary N) is 1. The summed E-state index contributed by atoms with van der Waals surface area (Å²) in [6.07, 6.45) is 0. The SMILES string of the molecule is CC1(C)C(=O)NC(=O)N(c2ccc(C#N)cc2Cl)C1=O. The Bertz CT molecular complexity index is 676. The summed E-state index contributed by atoms with van der Waals surface area (Å²) < 4.78 is 0.